The predicted molar refractivity (Wildman–Crippen MR) is 80.1 cm³/mol. The van der Waals surface area contributed by atoms with Crippen LogP contribution in [0.4, 0.5) is 0 Å². The Morgan fingerprint density at radius 2 is 2.26 bits per heavy atom. The van der Waals surface area contributed by atoms with Crippen molar-refractivity contribution in [2.75, 3.05) is 0 Å². The molecule has 0 aliphatic heterocycles. The lowest BCUT2D eigenvalue weighted by Crippen LogP contribution is -2.15. The lowest BCUT2D eigenvalue weighted by Gasteiger charge is -2.00. The predicted octanol–water partition coefficient (Wildman–Crippen LogP) is 2.18. The van der Waals surface area contributed by atoms with Gasteiger partial charge in [0.1, 0.15) is 0 Å². The van der Waals surface area contributed by atoms with E-state index in [4.69, 9.17) is 4.42 Å². The first-order valence-corrected chi connectivity index (χ1v) is 6.98. The van der Waals surface area contributed by atoms with E-state index in [1.54, 1.807) is 9.25 Å². The second kappa shape index (κ2) is 4.84. The highest BCUT2D eigenvalue weighted by Gasteiger charge is 2.09. The van der Waals surface area contributed by atoms with E-state index in [1.807, 2.05) is 37.6 Å². The Morgan fingerprint density at radius 1 is 1.42 bits per heavy atom. The highest BCUT2D eigenvalue weighted by atomic mass is 127. The summed E-state index contributed by atoms with van der Waals surface area (Å²) in [6, 6.07) is 5.77. The van der Waals surface area contributed by atoms with Crippen molar-refractivity contribution < 1.29 is 4.42 Å². The van der Waals surface area contributed by atoms with Crippen LogP contribution in [-0.2, 0) is 20.0 Å². The van der Waals surface area contributed by atoms with Crippen LogP contribution < -0.4 is 5.76 Å². The van der Waals surface area contributed by atoms with E-state index in [1.165, 1.54) is 0 Å². The van der Waals surface area contributed by atoms with Crippen molar-refractivity contribution in [2.45, 2.75) is 13.0 Å². The van der Waals surface area contributed by atoms with E-state index < -0.39 is 0 Å². The summed E-state index contributed by atoms with van der Waals surface area (Å²) >= 11 is 2.20. The number of halogens is 1. The molecule has 0 bridgehead atoms. The number of aryl methyl sites for hydroxylation is 3. The molecule has 2 aromatic heterocycles. The fraction of sp³-hybridized carbons (Fsp3) is 0.231. The highest BCUT2D eigenvalue weighted by molar-refractivity contribution is 14.1. The van der Waals surface area contributed by atoms with Crippen molar-refractivity contribution >= 4 is 33.7 Å². The molecule has 6 heteroatoms. The van der Waals surface area contributed by atoms with Gasteiger partial charge in [0.15, 0.2) is 5.58 Å². The van der Waals surface area contributed by atoms with Crippen LogP contribution in [0.5, 0.6) is 0 Å². The normalized spacial score (nSPS) is 11.3. The number of nitrogens with zero attached hydrogens (tertiary/aromatic N) is 3. The Hall–Kier alpha value is -1.57. The lowest BCUT2D eigenvalue weighted by atomic mass is 10.2. The van der Waals surface area contributed by atoms with Crippen LogP contribution in [0.2, 0.25) is 0 Å². The first-order valence-electron chi connectivity index (χ1n) is 5.90. The van der Waals surface area contributed by atoms with Crippen LogP contribution in [0, 0.1) is 3.57 Å². The molecule has 2 heterocycles. The minimum Gasteiger partial charge on any atom is -0.408 e. The number of hydrogen-bond acceptors (Lipinski definition) is 3. The molecule has 0 saturated heterocycles. The zero-order valence-corrected chi connectivity index (χ0v) is 12.5. The van der Waals surface area contributed by atoms with Crippen molar-refractivity contribution in [2.24, 2.45) is 7.05 Å². The number of hydrogen-bond donors (Lipinski definition) is 0. The first-order chi connectivity index (χ1) is 9.13. The lowest BCUT2D eigenvalue weighted by molar-refractivity contribution is 0.505. The molecule has 0 spiro atoms. The Bertz CT molecular complexity index is 785. The van der Waals surface area contributed by atoms with Gasteiger partial charge in [0.2, 0.25) is 0 Å². The molecule has 3 rings (SSSR count). The molecule has 0 atom stereocenters. The van der Waals surface area contributed by atoms with Crippen LogP contribution in [0.25, 0.3) is 11.1 Å². The van der Waals surface area contributed by atoms with E-state index in [-0.39, 0.29) is 5.76 Å². The summed E-state index contributed by atoms with van der Waals surface area (Å²) in [5, 5.41) is 4.12. The van der Waals surface area contributed by atoms with E-state index in [2.05, 4.69) is 27.7 Å². The summed E-state index contributed by atoms with van der Waals surface area (Å²) in [7, 11) is 1.88. The molecule has 3 aromatic rings. The Balaban J connectivity index is 1.92. The minimum atomic E-state index is -0.305. The monoisotopic (exact) mass is 369 g/mol. The van der Waals surface area contributed by atoms with Gasteiger partial charge >= 0.3 is 5.76 Å². The van der Waals surface area contributed by atoms with Gasteiger partial charge in [0, 0.05) is 23.4 Å². The molecule has 0 fully saturated rings. The van der Waals surface area contributed by atoms with Crippen molar-refractivity contribution in [1.29, 1.82) is 0 Å². The minimum absolute atomic E-state index is 0.305. The maximum Gasteiger partial charge on any atom is 0.419 e. The first kappa shape index (κ1) is 12.5. The summed E-state index contributed by atoms with van der Waals surface area (Å²) in [5.74, 6) is -0.305. The molecule has 0 amide bonds. The van der Waals surface area contributed by atoms with Crippen LogP contribution >= 0.6 is 22.6 Å². The Kier molecular flexibility index (Phi) is 3.17. The van der Waals surface area contributed by atoms with Gasteiger partial charge in [-0.1, -0.05) is 0 Å². The van der Waals surface area contributed by atoms with E-state index >= 15 is 0 Å². The molecule has 0 aliphatic carbocycles. The number of aromatic nitrogens is 3. The maximum absolute atomic E-state index is 11.8. The molecule has 5 nitrogen and oxygen atoms in total. The van der Waals surface area contributed by atoms with Gasteiger partial charge in [0.25, 0.3) is 0 Å². The third-order valence-electron chi connectivity index (χ3n) is 3.01. The Labute approximate surface area is 123 Å². The van der Waals surface area contributed by atoms with Crippen LogP contribution in [0.3, 0.4) is 0 Å². The number of fused-ring (bicyclic) bond motifs is 1. The van der Waals surface area contributed by atoms with E-state index in [9.17, 15) is 4.79 Å². The molecule has 0 aliphatic rings. The van der Waals surface area contributed by atoms with Crippen molar-refractivity contribution in [3.8, 4) is 0 Å². The van der Waals surface area contributed by atoms with E-state index in [0.29, 0.717) is 12.1 Å². The summed E-state index contributed by atoms with van der Waals surface area (Å²) in [5.41, 5.74) is 2.59. The van der Waals surface area contributed by atoms with E-state index in [0.717, 1.165) is 21.1 Å². The second-order valence-corrected chi connectivity index (χ2v) is 5.65. The molecular formula is C13H12IN3O2. The maximum atomic E-state index is 11.8. The zero-order chi connectivity index (χ0) is 13.4. The van der Waals surface area contributed by atoms with Crippen LogP contribution in [0.15, 0.2) is 39.8 Å². The van der Waals surface area contributed by atoms with Crippen LogP contribution in [0.1, 0.15) is 5.56 Å². The van der Waals surface area contributed by atoms with Gasteiger partial charge in [-0.2, -0.15) is 5.10 Å². The SMILES string of the molecule is Cn1cc(CCn2c(=O)oc3cc(I)ccc32)cn1. The van der Waals surface area contributed by atoms with Gasteiger partial charge in [0.05, 0.1) is 11.7 Å². The average molecular weight is 369 g/mol. The molecule has 19 heavy (non-hydrogen) atoms. The van der Waals surface area contributed by atoms with Gasteiger partial charge in [-0.05, 0) is 52.8 Å². The van der Waals surface area contributed by atoms with Gasteiger partial charge in [-0.25, -0.2) is 4.79 Å². The molecule has 0 N–H and O–H groups in total. The number of rotatable bonds is 3. The summed E-state index contributed by atoms with van der Waals surface area (Å²) < 4.78 is 9.73. The average Bonchev–Trinajstić information content (AvgIpc) is 2.89. The standard InChI is InChI=1S/C13H12IN3O2/c1-16-8-9(7-15-16)4-5-17-11-3-2-10(14)6-12(11)19-13(17)18/h2-3,6-8H,4-5H2,1H3. The van der Waals surface area contributed by atoms with Crippen LogP contribution in [-0.4, -0.2) is 14.3 Å². The van der Waals surface area contributed by atoms with Crippen molar-refractivity contribution in [3.63, 3.8) is 0 Å². The zero-order valence-electron chi connectivity index (χ0n) is 10.3. The third kappa shape index (κ3) is 2.44. The molecule has 0 unspecified atom stereocenters. The highest BCUT2D eigenvalue weighted by Crippen LogP contribution is 2.16. The van der Waals surface area contributed by atoms with Crippen molar-refractivity contribution in [1.82, 2.24) is 14.3 Å². The summed E-state index contributed by atoms with van der Waals surface area (Å²) in [4.78, 5) is 11.8. The van der Waals surface area contributed by atoms with Gasteiger partial charge in [-0.15, -0.1) is 0 Å². The second-order valence-electron chi connectivity index (χ2n) is 4.40. The quantitative estimate of drug-likeness (QED) is 0.665. The summed E-state index contributed by atoms with van der Waals surface area (Å²) in [6.07, 6.45) is 4.53. The number of benzene rings is 1. The fourth-order valence-corrected chi connectivity index (χ4v) is 2.56. The van der Waals surface area contributed by atoms with Crippen molar-refractivity contribution in [3.05, 3.63) is 50.3 Å². The smallest absolute Gasteiger partial charge is 0.408 e. The Morgan fingerprint density at radius 3 is 3.00 bits per heavy atom. The van der Waals surface area contributed by atoms with Gasteiger partial charge < -0.3 is 4.42 Å². The molecule has 0 radical (unpaired) electrons. The molecule has 98 valence electrons. The fourth-order valence-electron chi connectivity index (χ4n) is 2.09. The number of oxazole rings is 1. The topological polar surface area (TPSA) is 53.0 Å². The van der Waals surface area contributed by atoms with Gasteiger partial charge in [-0.3, -0.25) is 9.25 Å². The molecule has 0 saturated carbocycles. The largest absolute Gasteiger partial charge is 0.419 e. The molecule has 1 aromatic carbocycles. The summed E-state index contributed by atoms with van der Waals surface area (Å²) in [6.45, 7) is 0.595. The molecular weight excluding hydrogens is 357 g/mol. The third-order valence-corrected chi connectivity index (χ3v) is 3.68.